The normalized spacial score (nSPS) is 11.4. The maximum absolute atomic E-state index is 6.57. The van der Waals surface area contributed by atoms with Gasteiger partial charge in [0.2, 0.25) is 0 Å². The summed E-state index contributed by atoms with van der Waals surface area (Å²) in [6.07, 6.45) is 15.8. The minimum atomic E-state index is 0. The van der Waals surface area contributed by atoms with E-state index >= 15 is 0 Å². The summed E-state index contributed by atoms with van der Waals surface area (Å²) in [5.41, 5.74) is 5.31. The molecule has 3 aromatic carbocycles. The third kappa shape index (κ3) is 8.34. The standard InChI is InChI=1S/C28H19N3O.C6H4N.2Pt/c1-21-7-3-4-12-27(21)22-13-14-29-28(18-22)23-8-5-10-25(17-23)32-26-11-6-9-24(19-26)31-16-15-30(2)20-31;1-2-7-5-3-4-6-7;;/h3-7,9-11,13-16,20H,1-2H3;3-6H;;/q-6;-1;;+4. The van der Waals surface area contributed by atoms with Crippen molar-refractivity contribution in [2.24, 2.45) is 0 Å². The van der Waals surface area contributed by atoms with Crippen LogP contribution in [0.3, 0.4) is 0 Å². The predicted octanol–water partition coefficient (Wildman–Crippen LogP) is 6.74. The van der Waals surface area contributed by atoms with Gasteiger partial charge >= 0.3 is 21.1 Å². The average molecular weight is 894 g/mol. The fourth-order valence-corrected chi connectivity index (χ4v) is 3.83. The zero-order valence-electron chi connectivity index (χ0n) is 22.1. The fourth-order valence-electron chi connectivity index (χ4n) is 3.83. The third-order valence-electron chi connectivity index (χ3n) is 5.73. The Morgan fingerprint density at radius 1 is 0.902 bits per heavy atom. The number of hydrogen-bond acceptors (Lipinski definition) is 4. The Balaban J connectivity index is 0.000000452. The van der Waals surface area contributed by atoms with E-state index in [4.69, 9.17) is 11.2 Å². The molecule has 1 aliphatic heterocycles. The van der Waals surface area contributed by atoms with Crippen molar-refractivity contribution in [3.05, 3.63) is 147 Å². The van der Waals surface area contributed by atoms with Gasteiger partial charge in [-0.2, -0.15) is 54.3 Å². The van der Waals surface area contributed by atoms with Gasteiger partial charge in [0.15, 0.2) is 0 Å². The Bertz CT molecular complexity index is 1630. The van der Waals surface area contributed by atoms with Crippen molar-refractivity contribution in [2.45, 2.75) is 6.92 Å². The zero-order chi connectivity index (χ0) is 27.0. The average Bonchev–Trinajstić information content (AvgIpc) is 3.66. The fraction of sp³-hybridized carbons (Fsp3) is 0.0588. The van der Waals surface area contributed by atoms with E-state index in [1.54, 1.807) is 29.2 Å². The van der Waals surface area contributed by atoms with Crippen molar-refractivity contribution in [1.82, 2.24) is 14.5 Å². The molecule has 0 amide bonds. The van der Waals surface area contributed by atoms with Crippen LogP contribution in [0.15, 0.2) is 97.7 Å². The summed E-state index contributed by atoms with van der Waals surface area (Å²) in [6, 6.07) is 39.5. The molecule has 3 heterocycles. The number of nitrogens with zero attached hydrogens (tertiary/aromatic N) is 4. The molecule has 0 N–H and O–H groups in total. The van der Waals surface area contributed by atoms with Gasteiger partial charge in [-0.3, -0.25) is 12.1 Å². The Morgan fingerprint density at radius 2 is 1.71 bits per heavy atom. The van der Waals surface area contributed by atoms with Gasteiger partial charge in [-0.15, -0.1) is 30.0 Å². The van der Waals surface area contributed by atoms with Crippen molar-refractivity contribution in [2.75, 3.05) is 11.9 Å². The summed E-state index contributed by atoms with van der Waals surface area (Å²) in [4.78, 5) is 8.42. The van der Waals surface area contributed by atoms with Gasteiger partial charge in [0.1, 0.15) is 0 Å². The second kappa shape index (κ2) is 15.2. The maximum atomic E-state index is 6.57. The van der Waals surface area contributed by atoms with Gasteiger partial charge in [-0.1, -0.05) is 12.7 Å². The molecule has 5 nitrogen and oxygen atoms in total. The molecule has 0 unspecified atom stereocenters. The maximum Gasteiger partial charge on any atom is 4.00 e. The van der Waals surface area contributed by atoms with Crippen LogP contribution in [0.25, 0.3) is 22.4 Å². The molecule has 0 aliphatic carbocycles. The van der Waals surface area contributed by atoms with Gasteiger partial charge in [0, 0.05) is 39.2 Å². The van der Waals surface area contributed by atoms with Gasteiger partial charge in [-0.05, 0) is 37.8 Å². The van der Waals surface area contributed by atoms with Crippen molar-refractivity contribution >= 4 is 5.69 Å². The molecule has 0 saturated carbocycles. The minimum Gasteiger partial charge on any atom is -0.669 e. The SMILES string of the molecule is Cc1ccc[c-]c1-c1[c-]c(-c2[c-]ccc(Oc3[c-]c(N4C=CN(C)[CH-]4)ccc3)[c-]2)ncc1.[C-]#Cn1cccc1.[Pt+4].[Pt]. The summed E-state index contributed by atoms with van der Waals surface area (Å²) in [5.74, 6) is 1.17. The molecule has 41 heavy (non-hydrogen) atoms. The number of hydrogen-bond donors (Lipinski definition) is 0. The van der Waals surface area contributed by atoms with Crippen LogP contribution >= 0.6 is 0 Å². The van der Waals surface area contributed by atoms with Gasteiger partial charge < -0.3 is 42.1 Å². The number of benzene rings is 3. The molecule has 7 heteroatoms. The molecule has 0 saturated heterocycles. The van der Waals surface area contributed by atoms with Crippen molar-refractivity contribution in [3.8, 4) is 39.9 Å². The number of aromatic nitrogens is 2. The van der Waals surface area contributed by atoms with Crippen LogP contribution in [0.4, 0.5) is 5.69 Å². The molecular weight excluding hydrogens is 871 g/mol. The first-order valence-corrected chi connectivity index (χ1v) is 12.2. The molecule has 0 bridgehead atoms. The summed E-state index contributed by atoms with van der Waals surface area (Å²) in [7, 11) is 1.98. The largest absolute Gasteiger partial charge is 4.00 e. The molecule has 0 atom stereocenters. The van der Waals surface area contributed by atoms with Crippen LogP contribution in [-0.4, -0.2) is 21.5 Å². The van der Waals surface area contributed by atoms with Crippen LogP contribution in [-0.2, 0) is 42.1 Å². The van der Waals surface area contributed by atoms with E-state index < -0.39 is 0 Å². The monoisotopic (exact) mass is 893 g/mol. The molecular formula is C34H23N4OPt2-3. The molecule has 1 aliphatic rings. The van der Waals surface area contributed by atoms with E-state index in [1.807, 2.05) is 90.5 Å². The van der Waals surface area contributed by atoms with E-state index in [0.29, 0.717) is 22.8 Å². The Hall–Kier alpha value is -3.83. The summed E-state index contributed by atoms with van der Waals surface area (Å²) < 4.78 is 7.59. The van der Waals surface area contributed by atoms with E-state index in [2.05, 4.69) is 54.4 Å². The first-order chi connectivity index (χ1) is 19.1. The Kier molecular flexibility index (Phi) is 11.8. The zero-order valence-corrected chi connectivity index (χ0v) is 26.7. The van der Waals surface area contributed by atoms with Crippen LogP contribution in [0.1, 0.15) is 5.56 Å². The molecule has 0 fully saturated rings. The first-order valence-electron chi connectivity index (χ1n) is 12.2. The number of ether oxygens (including phenoxy) is 1. The molecule has 0 spiro atoms. The second-order valence-electron chi connectivity index (χ2n) is 8.59. The van der Waals surface area contributed by atoms with Crippen LogP contribution in [0.2, 0.25) is 0 Å². The van der Waals surface area contributed by atoms with Gasteiger partial charge in [-0.25, -0.2) is 23.2 Å². The number of rotatable bonds is 5. The van der Waals surface area contributed by atoms with Crippen LogP contribution in [0, 0.1) is 56.4 Å². The van der Waals surface area contributed by atoms with E-state index in [1.165, 1.54) is 0 Å². The smallest absolute Gasteiger partial charge is 0.669 e. The first kappa shape index (κ1) is 31.7. The van der Waals surface area contributed by atoms with Gasteiger partial charge in [0.25, 0.3) is 0 Å². The van der Waals surface area contributed by atoms with E-state index in [-0.39, 0.29) is 42.1 Å². The van der Waals surface area contributed by atoms with Crippen LogP contribution < -0.4 is 9.64 Å². The topological polar surface area (TPSA) is 33.5 Å². The van der Waals surface area contributed by atoms with Crippen molar-refractivity contribution < 1.29 is 46.9 Å². The quantitative estimate of drug-likeness (QED) is 0.145. The predicted molar refractivity (Wildman–Crippen MR) is 151 cm³/mol. The number of anilines is 1. The minimum absolute atomic E-state index is 0. The molecule has 5 aromatic rings. The summed E-state index contributed by atoms with van der Waals surface area (Å²) in [5, 5.41) is 0. The molecule has 6 rings (SSSR count). The Labute approximate surface area is 271 Å². The molecule has 2 aromatic heterocycles. The van der Waals surface area contributed by atoms with Gasteiger partial charge in [0.05, 0.1) is 0 Å². The molecule has 208 valence electrons. The number of aryl methyl sites for hydroxylation is 1. The summed E-state index contributed by atoms with van der Waals surface area (Å²) in [6.45, 7) is 4.03. The van der Waals surface area contributed by atoms with Crippen LogP contribution in [0.5, 0.6) is 11.5 Å². The Morgan fingerprint density at radius 3 is 2.41 bits per heavy atom. The third-order valence-corrected chi connectivity index (χ3v) is 5.73. The van der Waals surface area contributed by atoms with E-state index in [0.717, 1.165) is 22.4 Å². The number of pyridine rings is 1. The van der Waals surface area contributed by atoms with Crippen molar-refractivity contribution in [1.29, 1.82) is 0 Å². The van der Waals surface area contributed by atoms with Crippen molar-refractivity contribution in [3.63, 3.8) is 0 Å². The second-order valence-corrected chi connectivity index (χ2v) is 8.59. The van der Waals surface area contributed by atoms with E-state index in [9.17, 15) is 0 Å². The molecule has 0 radical (unpaired) electrons. The summed E-state index contributed by atoms with van der Waals surface area (Å²) >= 11 is 0.